The van der Waals surface area contributed by atoms with Crippen LogP contribution >= 0.6 is 0 Å². The van der Waals surface area contributed by atoms with Gasteiger partial charge in [-0.05, 0) is 67.9 Å². The third-order valence-electron chi connectivity index (χ3n) is 5.27. The van der Waals surface area contributed by atoms with Gasteiger partial charge < -0.3 is 15.0 Å². The van der Waals surface area contributed by atoms with E-state index in [0.29, 0.717) is 24.6 Å². The molecule has 7 nitrogen and oxygen atoms in total. The lowest BCUT2D eigenvalue weighted by Gasteiger charge is -2.24. The highest BCUT2D eigenvalue weighted by Gasteiger charge is 2.27. The molecule has 1 amide bonds. The number of carbonyl (C=O) groups excluding carboxylic acids is 1. The van der Waals surface area contributed by atoms with E-state index in [1.54, 1.807) is 24.3 Å². The molecule has 8 heteroatoms. The number of benzene rings is 3. The molecule has 0 radical (unpaired) electrons. The molecule has 0 aromatic heterocycles. The molecular formula is C26H31N3O4S. The minimum Gasteiger partial charge on any atom is -0.494 e. The zero-order valence-electron chi connectivity index (χ0n) is 20.0. The quantitative estimate of drug-likeness (QED) is 0.474. The highest BCUT2D eigenvalue weighted by molar-refractivity contribution is 7.92. The highest BCUT2D eigenvalue weighted by Crippen LogP contribution is 2.25. The number of nitrogens with one attached hydrogen (secondary N) is 1. The Hall–Kier alpha value is -3.52. The van der Waals surface area contributed by atoms with Crippen molar-refractivity contribution in [3.05, 3.63) is 83.9 Å². The maximum atomic E-state index is 13.5. The van der Waals surface area contributed by atoms with E-state index in [2.05, 4.69) is 5.32 Å². The maximum Gasteiger partial charge on any atom is 0.264 e. The van der Waals surface area contributed by atoms with Crippen molar-refractivity contribution in [2.45, 2.75) is 25.3 Å². The highest BCUT2D eigenvalue weighted by atomic mass is 32.2. The summed E-state index contributed by atoms with van der Waals surface area (Å²) >= 11 is 0. The van der Waals surface area contributed by atoms with Gasteiger partial charge in [0.15, 0.2) is 0 Å². The van der Waals surface area contributed by atoms with E-state index in [4.69, 9.17) is 4.74 Å². The molecule has 0 spiro atoms. The largest absolute Gasteiger partial charge is 0.494 e. The lowest BCUT2D eigenvalue weighted by molar-refractivity contribution is -0.119. The first-order valence-electron chi connectivity index (χ1n) is 11.1. The monoisotopic (exact) mass is 481 g/mol. The molecule has 0 unspecified atom stereocenters. The van der Waals surface area contributed by atoms with Crippen LogP contribution in [0.25, 0.3) is 0 Å². The van der Waals surface area contributed by atoms with Gasteiger partial charge in [0.25, 0.3) is 10.0 Å². The topological polar surface area (TPSA) is 79.0 Å². The van der Waals surface area contributed by atoms with E-state index in [9.17, 15) is 13.2 Å². The van der Waals surface area contributed by atoms with E-state index in [-0.39, 0.29) is 11.4 Å². The number of ether oxygens (including phenoxy) is 1. The zero-order chi connectivity index (χ0) is 24.7. The summed E-state index contributed by atoms with van der Waals surface area (Å²) in [6, 6.07) is 21.1. The molecule has 0 saturated heterocycles. The average molecular weight is 482 g/mol. The summed E-state index contributed by atoms with van der Waals surface area (Å²) in [5.74, 6) is 0.188. The van der Waals surface area contributed by atoms with Crippen molar-refractivity contribution in [1.29, 1.82) is 0 Å². The molecule has 0 bridgehead atoms. The Kier molecular flexibility index (Phi) is 8.17. The number of carbonyl (C=O) groups is 1. The molecular weight excluding hydrogens is 450 g/mol. The van der Waals surface area contributed by atoms with Crippen LogP contribution < -0.4 is 19.3 Å². The Morgan fingerprint density at radius 3 is 2.03 bits per heavy atom. The van der Waals surface area contributed by atoms with Gasteiger partial charge in [-0.3, -0.25) is 9.10 Å². The van der Waals surface area contributed by atoms with Crippen LogP contribution in [-0.2, 0) is 21.4 Å². The smallest absolute Gasteiger partial charge is 0.264 e. The summed E-state index contributed by atoms with van der Waals surface area (Å²) in [6.45, 7) is 4.23. The fourth-order valence-corrected chi connectivity index (χ4v) is 4.75. The van der Waals surface area contributed by atoms with Crippen LogP contribution in [-0.4, -0.2) is 41.6 Å². The Bertz CT molecular complexity index is 1190. The van der Waals surface area contributed by atoms with Crippen LogP contribution in [0.4, 0.5) is 11.4 Å². The summed E-state index contributed by atoms with van der Waals surface area (Å²) in [5, 5.41) is 2.83. The second-order valence-corrected chi connectivity index (χ2v) is 9.95. The summed E-state index contributed by atoms with van der Waals surface area (Å²) in [7, 11) is -0.0613. The molecule has 0 saturated carbocycles. The molecule has 0 aliphatic carbocycles. The number of hydrogen-bond donors (Lipinski definition) is 1. The van der Waals surface area contributed by atoms with Crippen LogP contribution in [0.15, 0.2) is 77.7 Å². The predicted octanol–water partition coefficient (Wildman–Crippen LogP) is 3.97. The summed E-state index contributed by atoms with van der Waals surface area (Å²) < 4.78 is 33.5. The first-order chi connectivity index (χ1) is 16.2. The van der Waals surface area contributed by atoms with E-state index in [0.717, 1.165) is 21.1 Å². The Balaban J connectivity index is 1.80. The van der Waals surface area contributed by atoms with Crippen molar-refractivity contribution in [3.8, 4) is 5.75 Å². The van der Waals surface area contributed by atoms with Crippen LogP contribution in [0, 0.1) is 6.92 Å². The van der Waals surface area contributed by atoms with Crippen molar-refractivity contribution in [3.63, 3.8) is 0 Å². The number of nitrogens with zero attached hydrogens (tertiary/aromatic N) is 2. The molecule has 3 aromatic rings. The Morgan fingerprint density at radius 2 is 1.47 bits per heavy atom. The minimum atomic E-state index is -3.98. The van der Waals surface area contributed by atoms with Gasteiger partial charge in [0.05, 0.1) is 17.2 Å². The van der Waals surface area contributed by atoms with Gasteiger partial charge >= 0.3 is 0 Å². The number of hydrogen-bond acceptors (Lipinski definition) is 5. The van der Waals surface area contributed by atoms with E-state index >= 15 is 0 Å². The Morgan fingerprint density at radius 1 is 0.882 bits per heavy atom. The van der Waals surface area contributed by atoms with Crippen molar-refractivity contribution < 1.29 is 17.9 Å². The fraction of sp³-hybridized carbons (Fsp3) is 0.269. The minimum absolute atomic E-state index is 0.0867. The molecule has 0 fully saturated rings. The number of aryl methyl sites for hydroxylation is 1. The fourth-order valence-electron chi connectivity index (χ4n) is 3.33. The van der Waals surface area contributed by atoms with Crippen LogP contribution in [0.1, 0.15) is 18.1 Å². The molecule has 3 aromatic carbocycles. The van der Waals surface area contributed by atoms with Gasteiger partial charge in [-0.2, -0.15) is 0 Å². The second-order valence-electron chi connectivity index (χ2n) is 8.09. The van der Waals surface area contributed by atoms with Crippen molar-refractivity contribution in [2.75, 3.05) is 36.5 Å². The third kappa shape index (κ3) is 6.29. The van der Waals surface area contributed by atoms with Crippen molar-refractivity contribution in [1.82, 2.24) is 5.32 Å². The van der Waals surface area contributed by atoms with Crippen LogP contribution in [0.2, 0.25) is 0 Å². The third-order valence-corrected chi connectivity index (χ3v) is 7.06. The van der Waals surface area contributed by atoms with Gasteiger partial charge in [0.1, 0.15) is 12.3 Å². The van der Waals surface area contributed by atoms with Crippen molar-refractivity contribution in [2.24, 2.45) is 0 Å². The molecule has 1 N–H and O–H groups in total. The zero-order valence-corrected chi connectivity index (χ0v) is 20.8. The lowest BCUT2D eigenvalue weighted by atomic mass is 10.2. The standard InChI is InChI=1S/C26H31N3O4S/c1-5-33-24-14-16-25(17-15-24)34(31,32)29(23-10-6-20(2)7-11-23)19-26(30)27-18-21-8-12-22(13-9-21)28(3)4/h6-17H,5,18-19H2,1-4H3,(H,27,30). The lowest BCUT2D eigenvalue weighted by Crippen LogP contribution is -2.40. The number of anilines is 2. The molecule has 0 atom stereocenters. The average Bonchev–Trinajstić information content (AvgIpc) is 2.82. The normalized spacial score (nSPS) is 11.1. The summed E-state index contributed by atoms with van der Waals surface area (Å²) in [5.41, 5.74) is 3.40. The summed E-state index contributed by atoms with van der Waals surface area (Å²) in [6.07, 6.45) is 0. The number of amides is 1. The van der Waals surface area contributed by atoms with Gasteiger partial charge in [0.2, 0.25) is 5.91 Å². The van der Waals surface area contributed by atoms with Gasteiger partial charge in [-0.25, -0.2) is 8.42 Å². The molecule has 3 rings (SSSR count). The number of rotatable bonds is 10. The molecule has 0 heterocycles. The van der Waals surface area contributed by atoms with Crippen molar-refractivity contribution >= 4 is 27.3 Å². The first kappa shape index (κ1) is 25.1. The molecule has 34 heavy (non-hydrogen) atoms. The predicted molar refractivity (Wildman–Crippen MR) is 136 cm³/mol. The van der Waals surface area contributed by atoms with Crippen LogP contribution in [0.3, 0.4) is 0 Å². The maximum absolute atomic E-state index is 13.5. The number of sulfonamides is 1. The van der Waals surface area contributed by atoms with Gasteiger partial charge in [-0.1, -0.05) is 29.8 Å². The molecule has 180 valence electrons. The molecule has 0 aliphatic rings. The first-order valence-corrected chi connectivity index (χ1v) is 12.5. The van der Waals surface area contributed by atoms with Gasteiger partial charge in [-0.15, -0.1) is 0 Å². The molecule has 0 aliphatic heterocycles. The SMILES string of the molecule is CCOc1ccc(S(=O)(=O)N(CC(=O)NCc2ccc(N(C)C)cc2)c2ccc(C)cc2)cc1. The van der Waals surface area contributed by atoms with E-state index < -0.39 is 15.9 Å². The Labute approximate surface area is 202 Å². The summed E-state index contributed by atoms with van der Waals surface area (Å²) in [4.78, 5) is 14.9. The van der Waals surface area contributed by atoms with E-state index in [1.165, 1.54) is 12.1 Å². The second kappa shape index (κ2) is 11.1. The van der Waals surface area contributed by atoms with Gasteiger partial charge in [0, 0.05) is 26.3 Å². The van der Waals surface area contributed by atoms with E-state index in [1.807, 2.05) is 69.2 Å². The van der Waals surface area contributed by atoms with Crippen LogP contribution in [0.5, 0.6) is 5.75 Å².